The Morgan fingerprint density at radius 2 is 1.92 bits per heavy atom. The molecule has 0 saturated heterocycles. The molecule has 1 atom stereocenters. The molecule has 1 unspecified atom stereocenters. The number of rotatable bonds is 7. The van der Waals surface area contributed by atoms with Crippen molar-refractivity contribution in [3.63, 3.8) is 0 Å². The van der Waals surface area contributed by atoms with Crippen molar-refractivity contribution in [2.24, 2.45) is 11.8 Å². The Labute approximate surface area is 76.6 Å². The van der Waals surface area contributed by atoms with Crippen LogP contribution in [0.2, 0.25) is 0 Å². The molecule has 2 nitrogen and oxygen atoms in total. The minimum atomic E-state index is 0.610. The summed E-state index contributed by atoms with van der Waals surface area (Å²) in [4.78, 5) is 5.26. The molecule has 0 amide bonds. The average molecular weight is 173 g/mol. The molecule has 0 aliphatic heterocycles. The fourth-order valence-electron chi connectivity index (χ4n) is 1.02. The molecule has 74 valence electrons. The van der Waals surface area contributed by atoms with E-state index in [4.69, 9.17) is 4.84 Å². The summed E-state index contributed by atoms with van der Waals surface area (Å²) >= 11 is 0. The minimum absolute atomic E-state index is 0.610. The summed E-state index contributed by atoms with van der Waals surface area (Å²) in [6, 6.07) is 0. The predicted molar refractivity (Wildman–Crippen MR) is 52.9 cm³/mol. The van der Waals surface area contributed by atoms with E-state index in [1.54, 1.807) is 0 Å². The van der Waals surface area contributed by atoms with Crippen molar-refractivity contribution in [2.45, 2.75) is 40.5 Å². The van der Waals surface area contributed by atoms with Crippen LogP contribution >= 0.6 is 0 Å². The zero-order valence-electron chi connectivity index (χ0n) is 8.89. The molecule has 0 aromatic carbocycles. The van der Waals surface area contributed by atoms with E-state index >= 15 is 0 Å². The van der Waals surface area contributed by atoms with Gasteiger partial charge in [0.2, 0.25) is 0 Å². The summed E-state index contributed by atoms with van der Waals surface area (Å²) in [6.07, 6.45) is 2.53. The lowest BCUT2D eigenvalue weighted by atomic mass is 10.1. The van der Waals surface area contributed by atoms with Gasteiger partial charge in [-0.25, -0.2) is 5.48 Å². The van der Waals surface area contributed by atoms with Gasteiger partial charge in [0.25, 0.3) is 0 Å². The molecular formula is C10H23NO. The molecule has 0 heterocycles. The number of hydrogen-bond donors (Lipinski definition) is 1. The molecule has 0 bridgehead atoms. The van der Waals surface area contributed by atoms with Gasteiger partial charge in [-0.2, -0.15) is 0 Å². The smallest absolute Gasteiger partial charge is 0.0705 e. The molecule has 0 aliphatic carbocycles. The molecule has 0 aromatic rings. The van der Waals surface area contributed by atoms with Crippen LogP contribution in [0.5, 0.6) is 0 Å². The fraction of sp³-hybridized carbons (Fsp3) is 1.00. The highest BCUT2D eigenvalue weighted by Gasteiger charge is 1.99. The second-order valence-electron chi connectivity index (χ2n) is 3.95. The third kappa shape index (κ3) is 8.02. The fourth-order valence-corrected chi connectivity index (χ4v) is 1.02. The Hall–Kier alpha value is -0.0800. The number of nitrogens with one attached hydrogen (secondary N) is 1. The van der Waals surface area contributed by atoms with E-state index in [2.05, 4.69) is 33.2 Å². The normalized spacial score (nSPS) is 13.8. The van der Waals surface area contributed by atoms with Gasteiger partial charge in [-0.15, -0.1) is 0 Å². The van der Waals surface area contributed by atoms with Crippen LogP contribution < -0.4 is 5.48 Å². The van der Waals surface area contributed by atoms with Crippen LogP contribution in [0.3, 0.4) is 0 Å². The van der Waals surface area contributed by atoms with Gasteiger partial charge in [0.05, 0.1) is 6.61 Å². The third-order valence-corrected chi connectivity index (χ3v) is 1.73. The highest BCUT2D eigenvalue weighted by molar-refractivity contribution is 4.51. The summed E-state index contributed by atoms with van der Waals surface area (Å²) in [7, 11) is 0. The zero-order valence-corrected chi connectivity index (χ0v) is 8.89. The lowest BCUT2D eigenvalue weighted by Crippen LogP contribution is -2.23. The quantitative estimate of drug-likeness (QED) is 0.472. The van der Waals surface area contributed by atoms with Crippen LogP contribution in [0.15, 0.2) is 0 Å². The van der Waals surface area contributed by atoms with E-state index in [9.17, 15) is 0 Å². The first-order valence-electron chi connectivity index (χ1n) is 5.01. The van der Waals surface area contributed by atoms with Crippen molar-refractivity contribution in [3.05, 3.63) is 0 Å². The van der Waals surface area contributed by atoms with E-state index in [-0.39, 0.29) is 0 Å². The van der Waals surface area contributed by atoms with Gasteiger partial charge in [-0.05, 0) is 18.3 Å². The molecule has 0 aromatic heterocycles. The molecule has 0 aliphatic rings. The van der Waals surface area contributed by atoms with Gasteiger partial charge >= 0.3 is 0 Å². The van der Waals surface area contributed by atoms with E-state index in [0.29, 0.717) is 5.92 Å². The topological polar surface area (TPSA) is 21.3 Å². The van der Waals surface area contributed by atoms with Crippen molar-refractivity contribution in [3.8, 4) is 0 Å². The Balaban J connectivity index is 3.08. The maximum atomic E-state index is 5.26. The molecule has 0 spiro atoms. The van der Waals surface area contributed by atoms with Crippen LogP contribution in [0, 0.1) is 11.8 Å². The van der Waals surface area contributed by atoms with E-state index in [1.807, 2.05) is 0 Å². The van der Waals surface area contributed by atoms with Crippen LogP contribution in [0.1, 0.15) is 40.5 Å². The second-order valence-corrected chi connectivity index (χ2v) is 3.95. The van der Waals surface area contributed by atoms with Gasteiger partial charge in [0.15, 0.2) is 0 Å². The first-order valence-corrected chi connectivity index (χ1v) is 5.01. The van der Waals surface area contributed by atoms with Gasteiger partial charge in [-0.3, -0.25) is 0 Å². The average Bonchev–Trinajstić information content (AvgIpc) is 1.98. The first-order chi connectivity index (χ1) is 5.66. The van der Waals surface area contributed by atoms with Gasteiger partial charge in [0.1, 0.15) is 0 Å². The molecule has 1 N–H and O–H groups in total. The largest absolute Gasteiger partial charge is 0.302 e. The summed E-state index contributed by atoms with van der Waals surface area (Å²) in [6.45, 7) is 10.5. The lowest BCUT2D eigenvalue weighted by Gasteiger charge is -2.12. The highest BCUT2D eigenvalue weighted by atomic mass is 16.6. The number of hydrogen-bond acceptors (Lipinski definition) is 2. The van der Waals surface area contributed by atoms with E-state index < -0.39 is 0 Å². The summed E-state index contributed by atoms with van der Waals surface area (Å²) in [5, 5.41) is 0. The molecule has 0 saturated carbocycles. The van der Waals surface area contributed by atoms with Gasteiger partial charge < -0.3 is 4.84 Å². The van der Waals surface area contributed by atoms with Crippen LogP contribution in [0.25, 0.3) is 0 Å². The Kier molecular flexibility index (Phi) is 7.51. The Bertz CT molecular complexity index is 93.8. The molecule has 0 rings (SSSR count). The van der Waals surface area contributed by atoms with Crippen molar-refractivity contribution in [1.82, 2.24) is 5.48 Å². The molecule has 2 heteroatoms. The molecular weight excluding hydrogens is 150 g/mol. The third-order valence-electron chi connectivity index (χ3n) is 1.73. The van der Waals surface area contributed by atoms with Crippen molar-refractivity contribution < 1.29 is 4.84 Å². The van der Waals surface area contributed by atoms with Gasteiger partial charge in [-0.1, -0.05) is 34.1 Å². The second kappa shape index (κ2) is 7.56. The van der Waals surface area contributed by atoms with Crippen LogP contribution in [-0.4, -0.2) is 13.2 Å². The minimum Gasteiger partial charge on any atom is -0.302 e. The summed E-state index contributed by atoms with van der Waals surface area (Å²) in [5.41, 5.74) is 3.00. The lowest BCUT2D eigenvalue weighted by molar-refractivity contribution is 0.0166. The van der Waals surface area contributed by atoms with E-state index in [1.165, 1.54) is 12.8 Å². The molecule has 0 fully saturated rings. The van der Waals surface area contributed by atoms with Crippen molar-refractivity contribution >= 4 is 0 Å². The van der Waals surface area contributed by atoms with Gasteiger partial charge in [0, 0.05) is 6.54 Å². The maximum absolute atomic E-state index is 5.26. The predicted octanol–water partition coefficient (Wildman–Crippen LogP) is 2.60. The van der Waals surface area contributed by atoms with Crippen LogP contribution in [-0.2, 0) is 4.84 Å². The number of hydroxylamine groups is 1. The standard InChI is InChI=1S/C10H23NO/c1-5-6-10(4)7-11-12-8-9(2)3/h9-11H,5-8H2,1-4H3. The SMILES string of the molecule is CCCC(C)CNOCC(C)C. The molecule has 0 radical (unpaired) electrons. The maximum Gasteiger partial charge on any atom is 0.0705 e. The highest BCUT2D eigenvalue weighted by Crippen LogP contribution is 2.02. The van der Waals surface area contributed by atoms with Crippen molar-refractivity contribution in [2.75, 3.05) is 13.2 Å². The Morgan fingerprint density at radius 1 is 1.25 bits per heavy atom. The van der Waals surface area contributed by atoms with Crippen molar-refractivity contribution in [1.29, 1.82) is 0 Å². The summed E-state index contributed by atoms with van der Waals surface area (Å²) < 4.78 is 0. The Morgan fingerprint density at radius 3 is 2.42 bits per heavy atom. The monoisotopic (exact) mass is 173 g/mol. The van der Waals surface area contributed by atoms with E-state index in [0.717, 1.165) is 19.1 Å². The summed E-state index contributed by atoms with van der Waals surface area (Å²) in [5.74, 6) is 1.33. The first kappa shape index (κ1) is 11.9. The molecule has 12 heavy (non-hydrogen) atoms. The van der Waals surface area contributed by atoms with Crippen LogP contribution in [0.4, 0.5) is 0 Å². The zero-order chi connectivity index (χ0) is 9.40.